The van der Waals surface area contributed by atoms with Crippen LogP contribution < -0.4 is 25.7 Å². The summed E-state index contributed by atoms with van der Waals surface area (Å²) in [5, 5.41) is 3.70. The van der Waals surface area contributed by atoms with E-state index in [0.29, 0.717) is 28.4 Å². The summed E-state index contributed by atoms with van der Waals surface area (Å²) in [5.41, 5.74) is 12.5. The zero-order valence-corrected chi connectivity index (χ0v) is 17.9. The Morgan fingerprint density at radius 1 is 0.848 bits per heavy atom. The van der Waals surface area contributed by atoms with Gasteiger partial charge in [0.15, 0.2) is 23.9 Å². The van der Waals surface area contributed by atoms with Crippen molar-refractivity contribution >= 4 is 17.7 Å². The number of oxime groups is 1. The molecule has 1 amide bonds. The number of nitrogens with two attached hydrogens (primary N) is 2. The molecule has 0 bridgehead atoms. The molecule has 3 aromatic rings. The minimum Gasteiger partial charge on any atom is -0.493 e. The van der Waals surface area contributed by atoms with E-state index >= 15 is 0 Å². The third kappa shape index (κ3) is 6.73. The number of carbonyl (C=O) groups is 2. The maximum atomic E-state index is 12.4. The van der Waals surface area contributed by atoms with Crippen molar-refractivity contribution in [3.63, 3.8) is 0 Å². The first-order valence-electron chi connectivity index (χ1n) is 9.87. The van der Waals surface area contributed by atoms with Crippen molar-refractivity contribution in [3.05, 3.63) is 89.5 Å². The number of benzene rings is 3. The highest BCUT2D eigenvalue weighted by molar-refractivity contribution is 5.98. The van der Waals surface area contributed by atoms with E-state index in [9.17, 15) is 9.59 Å². The summed E-state index contributed by atoms with van der Waals surface area (Å²) >= 11 is 0. The number of methoxy groups -OCH3 is 1. The molecule has 0 heterocycles. The SMILES string of the molecule is COc1ccccc1OCc1cccc(C(=O)O/N=C(\N)c2ccc(OCC(N)=O)cc2)c1. The summed E-state index contributed by atoms with van der Waals surface area (Å²) in [6.07, 6.45) is 0. The molecule has 9 nitrogen and oxygen atoms in total. The van der Waals surface area contributed by atoms with Crippen LogP contribution in [0.15, 0.2) is 78.0 Å². The molecule has 170 valence electrons. The van der Waals surface area contributed by atoms with Gasteiger partial charge in [0.25, 0.3) is 5.91 Å². The molecular formula is C24H23N3O6. The summed E-state index contributed by atoms with van der Waals surface area (Å²) in [7, 11) is 1.57. The molecule has 0 radical (unpaired) electrons. The van der Waals surface area contributed by atoms with E-state index < -0.39 is 11.9 Å². The van der Waals surface area contributed by atoms with Crippen molar-refractivity contribution in [1.29, 1.82) is 0 Å². The second kappa shape index (κ2) is 11.2. The molecular weight excluding hydrogens is 426 g/mol. The van der Waals surface area contributed by atoms with Gasteiger partial charge in [-0.2, -0.15) is 0 Å². The zero-order chi connectivity index (χ0) is 23.6. The van der Waals surface area contributed by atoms with Gasteiger partial charge in [-0.05, 0) is 54.1 Å². The van der Waals surface area contributed by atoms with Crippen LogP contribution in [0.4, 0.5) is 0 Å². The van der Waals surface area contributed by atoms with Gasteiger partial charge in [0.1, 0.15) is 12.4 Å². The highest BCUT2D eigenvalue weighted by atomic mass is 16.7. The first-order chi connectivity index (χ1) is 16.0. The van der Waals surface area contributed by atoms with E-state index in [0.717, 1.165) is 5.56 Å². The first-order valence-corrected chi connectivity index (χ1v) is 9.87. The zero-order valence-electron chi connectivity index (χ0n) is 17.9. The maximum absolute atomic E-state index is 12.4. The lowest BCUT2D eigenvalue weighted by Gasteiger charge is -2.10. The number of ether oxygens (including phenoxy) is 3. The standard InChI is InChI=1S/C24H23N3O6/c1-30-20-7-2-3-8-21(20)32-14-16-5-4-6-18(13-16)24(29)33-27-23(26)17-9-11-19(12-10-17)31-15-22(25)28/h2-13H,14-15H2,1H3,(H2,25,28)(H2,26,27). The number of amides is 1. The lowest BCUT2D eigenvalue weighted by Crippen LogP contribution is -2.20. The molecule has 0 atom stereocenters. The second-order valence-corrected chi connectivity index (χ2v) is 6.77. The average molecular weight is 449 g/mol. The number of primary amides is 1. The lowest BCUT2D eigenvalue weighted by molar-refractivity contribution is -0.119. The molecule has 3 aromatic carbocycles. The molecule has 9 heteroatoms. The maximum Gasteiger partial charge on any atom is 0.365 e. The number of carbonyl (C=O) groups excluding carboxylic acids is 2. The van der Waals surface area contributed by atoms with Crippen molar-refractivity contribution in [2.24, 2.45) is 16.6 Å². The second-order valence-electron chi connectivity index (χ2n) is 6.77. The molecule has 0 aromatic heterocycles. The molecule has 0 aliphatic carbocycles. The van der Waals surface area contributed by atoms with Gasteiger partial charge in [0, 0.05) is 5.56 Å². The minimum absolute atomic E-state index is 0.000428. The summed E-state index contributed by atoms with van der Waals surface area (Å²) in [4.78, 5) is 28.1. The molecule has 0 fully saturated rings. The smallest absolute Gasteiger partial charge is 0.365 e. The van der Waals surface area contributed by atoms with Gasteiger partial charge < -0.3 is 30.5 Å². The third-order valence-corrected chi connectivity index (χ3v) is 4.38. The molecule has 0 spiro atoms. The third-order valence-electron chi connectivity index (χ3n) is 4.38. The van der Waals surface area contributed by atoms with Crippen LogP contribution in [0.2, 0.25) is 0 Å². The highest BCUT2D eigenvalue weighted by Crippen LogP contribution is 2.26. The Hall–Kier alpha value is -4.53. The Morgan fingerprint density at radius 2 is 1.58 bits per heavy atom. The van der Waals surface area contributed by atoms with Crippen LogP contribution in [0.5, 0.6) is 17.2 Å². The fourth-order valence-corrected chi connectivity index (χ4v) is 2.76. The summed E-state index contributed by atoms with van der Waals surface area (Å²) in [6, 6.07) is 20.5. The van der Waals surface area contributed by atoms with Gasteiger partial charge >= 0.3 is 5.97 Å². The van der Waals surface area contributed by atoms with E-state index in [-0.39, 0.29) is 19.0 Å². The first kappa shape index (κ1) is 23.1. The van der Waals surface area contributed by atoms with Crippen LogP contribution in [-0.4, -0.2) is 31.4 Å². The van der Waals surface area contributed by atoms with E-state index in [2.05, 4.69) is 5.16 Å². The van der Waals surface area contributed by atoms with E-state index in [1.54, 1.807) is 61.7 Å². The molecule has 33 heavy (non-hydrogen) atoms. The van der Waals surface area contributed by atoms with Crippen LogP contribution in [0.3, 0.4) is 0 Å². The number of para-hydroxylation sites is 2. The van der Waals surface area contributed by atoms with Gasteiger partial charge in [-0.15, -0.1) is 0 Å². The molecule has 0 saturated heterocycles. The Balaban J connectivity index is 1.59. The van der Waals surface area contributed by atoms with E-state index in [1.807, 2.05) is 18.2 Å². The number of hydrogen-bond acceptors (Lipinski definition) is 7. The molecule has 0 aliphatic rings. The quantitative estimate of drug-likeness (QED) is 0.210. The molecule has 4 N–H and O–H groups in total. The fourth-order valence-electron chi connectivity index (χ4n) is 2.76. The molecule has 3 rings (SSSR count). The Labute approximate surface area is 190 Å². The van der Waals surface area contributed by atoms with Crippen molar-refractivity contribution in [3.8, 4) is 17.2 Å². The number of amidine groups is 1. The van der Waals surface area contributed by atoms with E-state index in [1.165, 1.54) is 0 Å². The monoisotopic (exact) mass is 449 g/mol. The van der Waals surface area contributed by atoms with Crippen LogP contribution in [0.25, 0.3) is 0 Å². The van der Waals surface area contributed by atoms with Crippen molar-refractivity contribution in [2.45, 2.75) is 6.61 Å². The highest BCUT2D eigenvalue weighted by Gasteiger charge is 2.10. The summed E-state index contributed by atoms with van der Waals surface area (Å²) in [5.74, 6) is 0.401. The van der Waals surface area contributed by atoms with Crippen LogP contribution in [0, 0.1) is 0 Å². The number of nitrogens with zero attached hydrogens (tertiary/aromatic N) is 1. The number of rotatable bonds is 10. The molecule has 0 unspecified atom stereocenters. The van der Waals surface area contributed by atoms with E-state index in [4.69, 9.17) is 30.5 Å². The predicted octanol–water partition coefficient (Wildman–Crippen LogP) is 2.62. The normalized spacial score (nSPS) is 10.9. The fraction of sp³-hybridized carbons (Fsp3) is 0.125. The minimum atomic E-state index is -0.668. The molecule has 0 saturated carbocycles. The molecule has 0 aliphatic heterocycles. The van der Waals surface area contributed by atoms with Crippen molar-refractivity contribution in [1.82, 2.24) is 0 Å². The van der Waals surface area contributed by atoms with Gasteiger partial charge in [-0.3, -0.25) is 4.79 Å². The Morgan fingerprint density at radius 3 is 2.27 bits per heavy atom. The van der Waals surface area contributed by atoms with Gasteiger partial charge in [-0.1, -0.05) is 29.4 Å². The number of hydrogen-bond donors (Lipinski definition) is 2. The van der Waals surface area contributed by atoms with Crippen LogP contribution >= 0.6 is 0 Å². The predicted molar refractivity (Wildman–Crippen MR) is 121 cm³/mol. The van der Waals surface area contributed by atoms with Crippen LogP contribution in [-0.2, 0) is 16.2 Å². The van der Waals surface area contributed by atoms with Crippen LogP contribution in [0.1, 0.15) is 21.5 Å². The Kier molecular flexibility index (Phi) is 7.85. The van der Waals surface area contributed by atoms with Crippen molar-refractivity contribution in [2.75, 3.05) is 13.7 Å². The largest absolute Gasteiger partial charge is 0.493 e. The van der Waals surface area contributed by atoms with Gasteiger partial charge in [-0.25, -0.2) is 4.79 Å². The lowest BCUT2D eigenvalue weighted by atomic mass is 10.1. The average Bonchev–Trinajstić information content (AvgIpc) is 2.85. The topological polar surface area (TPSA) is 135 Å². The van der Waals surface area contributed by atoms with Gasteiger partial charge in [0.2, 0.25) is 0 Å². The summed E-state index contributed by atoms with van der Waals surface area (Å²) in [6.45, 7) is 0.000596. The van der Waals surface area contributed by atoms with Crippen molar-refractivity contribution < 1.29 is 28.6 Å². The van der Waals surface area contributed by atoms with Gasteiger partial charge in [0.05, 0.1) is 12.7 Å². The Bertz CT molecular complexity index is 1140. The summed E-state index contributed by atoms with van der Waals surface area (Å²) < 4.78 is 16.2.